The fourth-order valence-electron chi connectivity index (χ4n) is 3.84. The molecule has 0 spiro atoms. The number of carbonyl (C=O) groups is 1. The maximum absolute atomic E-state index is 13.4. The van der Waals surface area contributed by atoms with Gasteiger partial charge in [-0.15, -0.1) is 0 Å². The van der Waals surface area contributed by atoms with Gasteiger partial charge in [0.15, 0.2) is 11.5 Å². The number of aromatic nitrogens is 1. The van der Waals surface area contributed by atoms with Gasteiger partial charge in [-0.25, -0.2) is 4.98 Å². The number of anilines is 2. The summed E-state index contributed by atoms with van der Waals surface area (Å²) in [6.45, 7) is 6.31. The normalized spacial score (nSPS) is 11.8. The van der Waals surface area contributed by atoms with Gasteiger partial charge in [-0.3, -0.25) is 4.79 Å². The van der Waals surface area contributed by atoms with Gasteiger partial charge in [-0.2, -0.15) is 13.2 Å². The van der Waals surface area contributed by atoms with Crippen molar-refractivity contribution in [1.82, 2.24) is 4.98 Å². The smallest absolute Gasteiger partial charge is 0.416 e. The highest BCUT2D eigenvalue weighted by Gasteiger charge is 2.32. The summed E-state index contributed by atoms with van der Waals surface area (Å²) in [5, 5.41) is 5.54. The van der Waals surface area contributed by atoms with Crippen LogP contribution in [0.25, 0.3) is 22.8 Å². The molecular weight excluding hydrogens is 495 g/mol. The van der Waals surface area contributed by atoms with Gasteiger partial charge < -0.3 is 19.8 Å². The van der Waals surface area contributed by atoms with E-state index in [9.17, 15) is 18.0 Å². The molecule has 0 aliphatic carbocycles. The summed E-state index contributed by atoms with van der Waals surface area (Å²) < 4.78 is 51.2. The highest BCUT2D eigenvalue weighted by atomic mass is 19.4. The Morgan fingerprint density at radius 3 is 2.05 bits per heavy atom. The van der Waals surface area contributed by atoms with E-state index in [0.29, 0.717) is 11.1 Å². The monoisotopic (exact) mass is 523 g/mol. The lowest BCUT2D eigenvalue weighted by molar-refractivity contribution is -0.137. The highest BCUT2D eigenvalue weighted by Crippen LogP contribution is 2.36. The Hall–Kier alpha value is -4.27. The van der Waals surface area contributed by atoms with Crippen LogP contribution in [0, 0.1) is 0 Å². The van der Waals surface area contributed by atoms with E-state index in [1.165, 1.54) is 13.2 Å². The largest absolute Gasteiger partial charge is 0.497 e. The molecule has 198 valence electrons. The van der Waals surface area contributed by atoms with E-state index in [0.717, 1.165) is 23.4 Å². The van der Waals surface area contributed by atoms with Crippen molar-refractivity contribution in [3.8, 4) is 28.5 Å². The van der Waals surface area contributed by atoms with E-state index in [4.69, 9.17) is 9.15 Å². The number of halogens is 3. The molecule has 0 fully saturated rings. The van der Waals surface area contributed by atoms with Crippen LogP contribution in [-0.2, 0) is 11.6 Å². The van der Waals surface area contributed by atoms with Crippen molar-refractivity contribution in [2.24, 2.45) is 0 Å². The van der Waals surface area contributed by atoms with Crippen LogP contribution in [0.3, 0.4) is 0 Å². The number of benzene rings is 3. The zero-order valence-corrected chi connectivity index (χ0v) is 21.7. The first-order valence-corrected chi connectivity index (χ1v) is 11.9. The summed E-state index contributed by atoms with van der Waals surface area (Å²) in [5.41, 5.74) is 2.07. The summed E-state index contributed by atoms with van der Waals surface area (Å²) in [6.07, 6.45) is -4.62. The average Bonchev–Trinajstić information content (AvgIpc) is 3.33. The van der Waals surface area contributed by atoms with Gasteiger partial charge >= 0.3 is 6.18 Å². The Kier molecular flexibility index (Phi) is 7.22. The first-order valence-electron chi connectivity index (χ1n) is 11.9. The molecule has 0 saturated carbocycles. The van der Waals surface area contributed by atoms with Crippen LogP contribution in [0.15, 0.2) is 71.1 Å². The topological polar surface area (TPSA) is 76.4 Å². The zero-order valence-electron chi connectivity index (χ0n) is 21.7. The second-order valence-electron chi connectivity index (χ2n) is 9.75. The number of carbonyl (C=O) groups excluding carboxylic acids is 1. The van der Waals surface area contributed by atoms with Crippen molar-refractivity contribution in [2.75, 3.05) is 24.8 Å². The summed E-state index contributed by atoms with van der Waals surface area (Å²) in [5.74, 6) is -0.359. The molecule has 3 aromatic carbocycles. The predicted octanol–water partition coefficient (Wildman–Crippen LogP) is 7.63. The maximum atomic E-state index is 13.4. The molecule has 38 heavy (non-hydrogen) atoms. The number of amides is 1. The number of hydrogen-bond donors (Lipinski definition) is 2. The summed E-state index contributed by atoms with van der Waals surface area (Å²) in [4.78, 5) is 17.8. The number of rotatable bonds is 6. The first kappa shape index (κ1) is 26.8. The van der Waals surface area contributed by atoms with E-state index in [-0.39, 0.29) is 34.2 Å². The van der Waals surface area contributed by atoms with Crippen molar-refractivity contribution in [3.63, 3.8) is 0 Å². The van der Waals surface area contributed by atoms with Crippen molar-refractivity contribution < 1.29 is 27.1 Å². The molecule has 0 radical (unpaired) electrons. The van der Waals surface area contributed by atoms with Crippen LogP contribution in [-0.4, -0.2) is 25.0 Å². The molecule has 0 bridgehead atoms. The van der Waals surface area contributed by atoms with Gasteiger partial charge in [-0.1, -0.05) is 32.9 Å². The van der Waals surface area contributed by atoms with Gasteiger partial charge in [0.2, 0.25) is 5.89 Å². The minimum Gasteiger partial charge on any atom is -0.497 e. The van der Waals surface area contributed by atoms with E-state index in [2.05, 4.69) is 36.4 Å². The van der Waals surface area contributed by atoms with Crippen LogP contribution in [0.4, 0.5) is 24.5 Å². The number of oxazole rings is 1. The molecule has 0 unspecified atom stereocenters. The Morgan fingerprint density at radius 1 is 0.868 bits per heavy atom. The summed E-state index contributed by atoms with van der Waals surface area (Å²) >= 11 is 0. The van der Waals surface area contributed by atoms with Gasteiger partial charge in [-0.05, 0) is 59.5 Å². The second-order valence-corrected chi connectivity index (χ2v) is 9.75. The van der Waals surface area contributed by atoms with Gasteiger partial charge in [0.25, 0.3) is 5.91 Å². The van der Waals surface area contributed by atoms with Crippen LogP contribution >= 0.6 is 0 Å². The standard InChI is InChI=1S/C29H28F3N3O3/c1-28(2,3)19-10-6-18(7-11-19)27-35-24(25(38-27)17-8-12-21(33-4)13-9-17)26(36)34-22-14-20(29(30,31)32)15-23(16-22)37-5/h6-16,33H,1-5H3,(H,34,36). The molecule has 0 aliphatic heterocycles. The second kappa shape index (κ2) is 10.2. The fourth-order valence-corrected chi connectivity index (χ4v) is 3.84. The lowest BCUT2D eigenvalue weighted by Crippen LogP contribution is -2.15. The van der Waals surface area contributed by atoms with Crippen LogP contribution in [0.1, 0.15) is 42.4 Å². The Morgan fingerprint density at radius 2 is 1.50 bits per heavy atom. The molecule has 1 aromatic heterocycles. The molecule has 2 N–H and O–H groups in total. The van der Waals surface area contributed by atoms with Crippen LogP contribution in [0.5, 0.6) is 5.75 Å². The van der Waals surface area contributed by atoms with Gasteiger partial charge in [0, 0.05) is 35.6 Å². The van der Waals surface area contributed by atoms with Crippen LogP contribution < -0.4 is 15.4 Å². The SMILES string of the molecule is CNc1ccc(-c2oc(-c3ccc(C(C)(C)C)cc3)nc2C(=O)Nc2cc(OC)cc(C(F)(F)F)c2)cc1. The van der Waals surface area contributed by atoms with E-state index < -0.39 is 17.6 Å². The number of hydrogen-bond acceptors (Lipinski definition) is 5. The molecule has 0 aliphatic rings. The molecule has 0 atom stereocenters. The van der Waals surface area contributed by atoms with E-state index in [1.54, 1.807) is 19.2 Å². The summed E-state index contributed by atoms with van der Waals surface area (Å²) in [6, 6.07) is 17.8. The summed E-state index contributed by atoms with van der Waals surface area (Å²) in [7, 11) is 3.04. The third-order valence-electron chi connectivity index (χ3n) is 6.00. The molecule has 6 nitrogen and oxygen atoms in total. The molecular formula is C29H28F3N3O3. The molecule has 1 heterocycles. The minimum atomic E-state index is -4.62. The molecule has 1 amide bonds. The fraction of sp³-hybridized carbons (Fsp3) is 0.241. The Labute approximate surface area is 218 Å². The third-order valence-corrected chi connectivity index (χ3v) is 6.00. The highest BCUT2D eigenvalue weighted by molar-refractivity contribution is 6.07. The lowest BCUT2D eigenvalue weighted by atomic mass is 9.87. The number of nitrogens with zero attached hydrogens (tertiary/aromatic N) is 1. The number of ether oxygens (including phenoxy) is 1. The van der Waals surface area contributed by atoms with Gasteiger partial charge in [0.05, 0.1) is 12.7 Å². The third kappa shape index (κ3) is 5.82. The molecule has 9 heteroatoms. The number of nitrogens with one attached hydrogen (secondary N) is 2. The zero-order chi connectivity index (χ0) is 27.7. The minimum absolute atomic E-state index is 0.0437. The number of alkyl halides is 3. The van der Waals surface area contributed by atoms with Crippen molar-refractivity contribution >= 4 is 17.3 Å². The number of methoxy groups -OCH3 is 1. The molecule has 0 saturated heterocycles. The lowest BCUT2D eigenvalue weighted by Gasteiger charge is -2.18. The first-order chi connectivity index (χ1) is 17.9. The molecule has 4 aromatic rings. The van der Waals surface area contributed by atoms with Crippen molar-refractivity contribution in [1.29, 1.82) is 0 Å². The quantitative estimate of drug-likeness (QED) is 0.272. The van der Waals surface area contributed by atoms with E-state index in [1.807, 2.05) is 36.4 Å². The Balaban J connectivity index is 1.76. The van der Waals surface area contributed by atoms with Gasteiger partial charge in [0.1, 0.15) is 5.75 Å². The maximum Gasteiger partial charge on any atom is 0.416 e. The average molecular weight is 524 g/mol. The molecule has 4 rings (SSSR count). The van der Waals surface area contributed by atoms with Crippen LogP contribution in [0.2, 0.25) is 0 Å². The Bertz CT molecular complexity index is 1440. The van der Waals surface area contributed by atoms with E-state index >= 15 is 0 Å². The predicted molar refractivity (Wildman–Crippen MR) is 142 cm³/mol. The van der Waals surface area contributed by atoms with Crippen molar-refractivity contribution in [3.05, 3.63) is 83.6 Å². The van der Waals surface area contributed by atoms with Crippen molar-refractivity contribution in [2.45, 2.75) is 32.4 Å².